The van der Waals surface area contributed by atoms with Gasteiger partial charge in [0.2, 0.25) is 0 Å². The first-order valence-corrected chi connectivity index (χ1v) is 13.9. The minimum Gasteiger partial charge on any atom is -0.372 e. The zero-order valence-corrected chi connectivity index (χ0v) is 22.7. The van der Waals surface area contributed by atoms with Crippen molar-refractivity contribution in [2.75, 3.05) is 18.0 Å². The molecule has 0 aliphatic heterocycles. The van der Waals surface area contributed by atoms with Crippen LogP contribution in [0.15, 0.2) is 66.7 Å². The van der Waals surface area contributed by atoms with Crippen molar-refractivity contribution < 1.29 is 4.92 Å². The third-order valence-electron chi connectivity index (χ3n) is 6.85. The van der Waals surface area contributed by atoms with Gasteiger partial charge >= 0.3 is 0 Å². The van der Waals surface area contributed by atoms with Crippen LogP contribution in [0.5, 0.6) is 0 Å². The highest BCUT2D eigenvalue weighted by Crippen LogP contribution is 2.25. The van der Waals surface area contributed by atoms with Crippen LogP contribution in [-0.4, -0.2) is 18.0 Å². The topological polar surface area (TPSA) is 70.2 Å². The minimum absolute atomic E-state index is 0.0661. The normalized spacial score (nSPS) is 11.0. The molecular formula is C33H39N3O2. The summed E-state index contributed by atoms with van der Waals surface area (Å²) in [5.74, 6) is 0. The Morgan fingerprint density at radius 1 is 0.763 bits per heavy atom. The van der Waals surface area contributed by atoms with Crippen LogP contribution in [0.3, 0.4) is 0 Å². The Hall–Kier alpha value is -3.91. The smallest absolute Gasteiger partial charge is 0.287 e. The summed E-state index contributed by atoms with van der Waals surface area (Å²) in [5.41, 5.74) is 5.32. The summed E-state index contributed by atoms with van der Waals surface area (Å²) < 4.78 is 0. The molecule has 0 heterocycles. The monoisotopic (exact) mass is 509 g/mol. The molecule has 0 saturated heterocycles. The van der Waals surface area contributed by atoms with Crippen molar-refractivity contribution >= 4 is 23.5 Å². The third-order valence-corrected chi connectivity index (χ3v) is 6.85. The van der Waals surface area contributed by atoms with Crippen molar-refractivity contribution in [3.05, 3.63) is 93.5 Å². The zero-order valence-electron chi connectivity index (χ0n) is 22.7. The molecule has 198 valence electrons. The van der Waals surface area contributed by atoms with Crippen LogP contribution >= 0.6 is 0 Å². The van der Waals surface area contributed by atoms with Crippen LogP contribution in [0.1, 0.15) is 81.9 Å². The van der Waals surface area contributed by atoms with Gasteiger partial charge in [0, 0.05) is 24.8 Å². The van der Waals surface area contributed by atoms with Gasteiger partial charge in [-0.05, 0) is 59.4 Å². The second-order valence-electron chi connectivity index (χ2n) is 9.76. The number of nitrogens with zero attached hydrogens (tertiary/aromatic N) is 3. The molecule has 0 bridgehead atoms. The number of benzene rings is 3. The molecule has 3 rings (SSSR count). The Balaban J connectivity index is 1.66. The van der Waals surface area contributed by atoms with E-state index in [1.807, 2.05) is 18.2 Å². The van der Waals surface area contributed by atoms with Gasteiger partial charge in [-0.25, -0.2) is 0 Å². The lowest BCUT2D eigenvalue weighted by atomic mass is 10.0. The van der Waals surface area contributed by atoms with Crippen LogP contribution in [-0.2, 0) is 0 Å². The van der Waals surface area contributed by atoms with Gasteiger partial charge in [-0.2, -0.15) is 5.26 Å². The maximum absolute atomic E-state index is 11.0. The van der Waals surface area contributed by atoms with Gasteiger partial charge < -0.3 is 4.90 Å². The summed E-state index contributed by atoms with van der Waals surface area (Å²) in [6, 6.07) is 23.8. The third kappa shape index (κ3) is 8.59. The number of nitro benzene ring substituents is 1. The summed E-state index contributed by atoms with van der Waals surface area (Å²) in [5, 5.41) is 20.2. The zero-order chi connectivity index (χ0) is 27.2. The summed E-state index contributed by atoms with van der Waals surface area (Å²) in [4.78, 5) is 13.1. The van der Waals surface area contributed by atoms with Gasteiger partial charge in [0.15, 0.2) is 0 Å². The van der Waals surface area contributed by atoms with Crippen molar-refractivity contribution in [1.29, 1.82) is 5.26 Å². The number of hydrogen-bond donors (Lipinski definition) is 0. The van der Waals surface area contributed by atoms with Crippen molar-refractivity contribution in [2.24, 2.45) is 0 Å². The van der Waals surface area contributed by atoms with Gasteiger partial charge in [0.25, 0.3) is 5.69 Å². The first kappa shape index (κ1) is 28.7. The maximum Gasteiger partial charge on any atom is 0.287 e. The molecule has 0 fully saturated rings. The number of hydrogen-bond acceptors (Lipinski definition) is 4. The Labute approximate surface area is 227 Å². The van der Waals surface area contributed by atoms with E-state index in [1.165, 1.54) is 68.7 Å². The van der Waals surface area contributed by atoms with E-state index in [0.717, 1.165) is 29.8 Å². The average molecular weight is 510 g/mol. The number of unbranched alkanes of at least 4 members (excludes halogenated alkanes) is 6. The van der Waals surface area contributed by atoms with Gasteiger partial charge in [-0.15, -0.1) is 0 Å². The van der Waals surface area contributed by atoms with Crippen LogP contribution in [0, 0.1) is 21.4 Å². The average Bonchev–Trinajstić information content (AvgIpc) is 2.95. The first-order chi connectivity index (χ1) is 18.5. The van der Waals surface area contributed by atoms with Crippen molar-refractivity contribution in [1.82, 2.24) is 0 Å². The molecule has 5 nitrogen and oxygen atoms in total. The lowest BCUT2D eigenvalue weighted by Gasteiger charge is -2.25. The summed E-state index contributed by atoms with van der Waals surface area (Å²) in [6.07, 6.45) is 14.0. The van der Waals surface area contributed by atoms with E-state index in [2.05, 4.69) is 67.3 Å². The SMILES string of the molecule is CCCCCCN(CCCCCC)c1ccc(-c2ccc(C=Cc3ccc([N+](=O)[O-])c(C#N)c3)cc2)cc1. The fraction of sp³-hybridized carbons (Fsp3) is 0.364. The quantitative estimate of drug-likeness (QED) is 0.0885. The van der Waals surface area contributed by atoms with Crippen LogP contribution in [0.4, 0.5) is 11.4 Å². The molecule has 38 heavy (non-hydrogen) atoms. The molecule has 0 N–H and O–H groups in total. The van der Waals surface area contributed by atoms with E-state index < -0.39 is 4.92 Å². The number of anilines is 1. The minimum atomic E-state index is -0.532. The van der Waals surface area contributed by atoms with Crippen LogP contribution < -0.4 is 4.90 Å². The highest BCUT2D eigenvalue weighted by atomic mass is 16.6. The van der Waals surface area contributed by atoms with Crippen molar-refractivity contribution in [3.8, 4) is 17.2 Å². The lowest BCUT2D eigenvalue weighted by Crippen LogP contribution is -2.25. The van der Waals surface area contributed by atoms with E-state index in [1.54, 1.807) is 12.1 Å². The summed E-state index contributed by atoms with van der Waals surface area (Å²) in [7, 11) is 0. The molecule has 0 saturated carbocycles. The second-order valence-corrected chi connectivity index (χ2v) is 9.76. The molecule has 0 spiro atoms. The molecule has 0 unspecified atom stereocenters. The number of nitro groups is 1. The van der Waals surface area contributed by atoms with E-state index >= 15 is 0 Å². The van der Waals surface area contributed by atoms with E-state index in [-0.39, 0.29) is 11.3 Å². The van der Waals surface area contributed by atoms with Gasteiger partial charge in [0.1, 0.15) is 11.6 Å². The summed E-state index contributed by atoms with van der Waals surface area (Å²) in [6.45, 7) is 6.76. The molecule has 0 aliphatic rings. The predicted molar refractivity (Wildman–Crippen MR) is 159 cm³/mol. The molecule has 5 heteroatoms. The van der Waals surface area contributed by atoms with E-state index in [0.29, 0.717) is 0 Å². The van der Waals surface area contributed by atoms with Crippen LogP contribution in [0.25, 0.3) is 23.3 Å². The highest BCUT2D eigenvalue weighted by Gasteiger charge is 2.13. The molecule has 3 aromatic carbocycles. The Morgan fingerprint density at radius 2 is 1.29 bits per heavy atom. The molecule has 0 amide bonds. The molecule has 3 aromatic rings. The van der Waals surface area contributed by atoms with E-state index in [9.17, 15) is 15.4 Å². The lowest BCUT2D eigenvalue weighted by molar-refractivity contribution is -0.385. The fourth-order valence-corrected chi connectivity index (χ4v) is 4.58. The molecule has 0 atom stereocenters. The standard InChI is InChI=1S/C33H39N3O2/c1-3-5-7-9-23-35(24-10-8-6-4-2)32-20-18-30(19-21-32)29-16-13-27(14-17-29)11-12-28-15-22-33(36(37)38)31(25-28)26-34/h11-22,25H,3-10,23-24H2,1-2H3. The molecule has 0 radical (unpaired) electrons. The Kier molecular flexibility index (Phi) is 11.6. The van der Waals surface area contributed by atoms with E-state index in [4.69, 9.17) is 0 Å². The summed E-state index contributed by atoms with van der Waals surface area (Å²) >= 11 is 0. The highest BCUT2D eigenvalue weighted by molar-refractivity contribution is 5.74. The molecule has 0 aliphatic carbocycles. The second kappa shape index (κ2) is 15.4. The van der Waals surface area contributed by atoms with Gasteiger partial charge in [-0.1, -0.05) is 101 Å². The van der Waals surface area contributed by atoms with Gasteiger partial charge in [0.05, 0.1) is 4.92 Å². The van der Waals surface area contributed by atoms with Crippen molar-refractivity contribution in [3.63, 3.8) is 0 Å². The maximum atomic E-state index is 11.0. The Morgan fingerprint density at radius 3 is 1.82 bits per heavy atom. The number of nitriles is 1. The first-order valence-electron chi connectivity index (χ1n) is 13.9. The Bertz CT molecular complexity index is 1210. The van der Waals surface area contributed by atoms with Gasteiger partial charge in [-0.3, -0.25) is 10.1 Å². The predicted octanol–water partition coefficient (Wildman–Crippen LogP) is 9.27. The van der Waals surface area contributed by atoms with Crippen molar-refractivity contribution in [2.45, 2.75) is 65.2 Å². The largest absolute Gasteiger partial charge is 0.372 e. The van der Waals surface area contributed by atoms with Crippen LogP contribution in [0.2, 0.25) is 0 Å². The fourth-order valence-electron chi connectivity index (χ4n) is 4.58. The number of rotatable bonds is 15. The molecular weight excluding hydrogens is 470 g/mol. The molecule has 0 aromatic heterocycles.